The molecule has 0 fully saturated rings. The van der Waals surface area contributed by atoms with E-state index < -0.39 is 0 Å². The summed E-state index contributed by atoms with van der Waals surface area (Å²) in [4.78, 5) is 4.70. The molecule has 1 aromatic heterocycles. The van der Waals surface area contributed by atoms with E-state index in [0.29, 0.717) is 0 Å². The molecule has 1 N–H and O–H groups in total. The Morgan fingerprint density at radius 2 is 1.74 bits per heavy atom. The molecule has 0 saturated heterocycles. The predicted octanol–water partition coefficient (Wildman–Crippen LogP) is 7.14. The zero-order valence-electron chi connectivity index (χ0n) is 14.5. The van der Waals surface area contributed by atoms with Crippen LogP contribution in [-0.4, -0.2) is 10.7 Å². The number of hydrazone groups is 1. The Hall–Kier alpha value is -2.02. The largest absolute Gasteiger partial charge is 0.252 e. The number of nitrogens with one attached hydrogen (secondary N) is 1. The summed E-state index contributed by atoms with van der Waals surface area (Å²) in [6, 6.07) is 22.8. The predicted molar refractivity (Wildman–Crippen MR) is 125 cm³/mol. The van der Waals surface area contributed by atoms with Gasteiger partial charge in [-0.3, -0.25) is 5.43 Å². The summed E-state index contributed by atoms with van der Waals surface area (Å²) in [7, 11) is 0. The molecule has 0 saturated carbocycles. The SMILES string of the molecule is Br.CC(=NNc1nc(-c2cccc3ccccc23)cs1)c1ccc(Br)cc1. The lowest BCUT2D eigenvalue weighted by Gasteiger charge is -2.03. The molecule has 0 radical (unpaired) electrons. The number of rotatable bonds is 4. The summed E-state index contributed by atoms with van der Waals surface area (Å²) >= 11 is 5.00. The highest BCUT2D eigenvalue weighted by Gasteiger charge is 2.08. The fourth-order valence-corrected chi connectivity index (χ4v) is 3.70. The summed E-state index contributed by atoms with van der Waals surface area (Å²) in [5.41, 5.74) is 7.17. The Kier molecular flexibility index (Phi) is 6.42. The Morgan fingerprint density at radius 3 is 2.56 bits per heavy atom. The lowest BCUT2D eigenvalue weighted by Crippen LogP contribution is -1.99. The van der Waals surface area contributed by atoms with Crippen LogP contribution in [0.3, 0.4) is 0 Å². The zero-order chi connectivity index (χ0) is 17.9. The first-order chi connectivity index (χ1) is 12.7. The van der Waals surface area contributed by atoms with Gasteiger partial charge in [0, 0.05) is 15.4 Å². The highest BCUT2D eigenvalue weighted by molar-refractivity contribution is 9.10. The van der Waals surface area contributed by atoms with Crippen LogP contribution in [0.25, 0.3) is 22.0 Å². The van der Waals surface area contributed by atoms with Gasteiger partial charge in [-0.15, -0.1) is 28.3 Å². The van der Waals surface area contributed by atoms with Gasteiger partial charge in [0.1, 0.15) is 0 Å². The average Bonchev–Trinajstić information content (AvgIpc) is 3.15. The van der Waals surface area contributed by atoms with E-state index in [2.05, 4.69) is 74.3 Å². The lowest BCUT2D eigenvalue weighted by molar-refractivity contribution is 1.27. The van der Waals surface area contributed by atoms with E-state index in [4.69, 9.17) is 4.98 Å². The van der Waals surface area contributed by atoms with E-state index >= 15 is 0 Å². The van der Waals surface area contributed by atoms with E-state index in [-0.39, 0.29) is 17.0 Å². The summed E-state index contributed by atoms with van der Waals surface area (Å²) in [6.07, 6.45) is 0. The summed E-state index contributed by atoms with van der Waals surface area (Å²) < 4.78 is 1.06. The van der Waals surface area contributed by atoms with Crippen molar-refractivity contribution in [3.8, 4) is 11.3 Å². The van der Waals surface area contributed by atoms with Crippen molar-refractivity contribution < 1.29 is 0 Å². The standard InChI is InChI=1S/C21H16BrN3S.BrH/c1-14(15-9-11-17(22)12-10-15)24-25-21-23-20(13-26-21)19-8-4-6-16-5-2-3-7-18(16)19;/h2-13H,1H3,(H,23,25);1H. The van der Waals surface area contributed by atoms with E-state index in [1.807, 2.05) is 31.2 Å². The van der Waals surface area contributed by atoms with Crippen molar-refractivity contribution in [1.29, 1.82) is 0 Å². The van der Waals surface area contributed by atoms with Gasteiger partial charge in [-0.2, -0.15) is 5.10 Å². The zero-order valence-corrected chi connectivity index (χ0v) is 18.6. The molecule has 27 heavy (non-hydrogen) atoms. The highest BCUT2D eigenvalue weighted by Crippen LogP contribution is 2.31. The van der Waals surface area contributed by atoms with Gasteiger partial charge in [-0.25, -0.2) is 4.98 Å². The number of aromatic nitrogens is 1. The number of halogens is 2. The molecular formula is C21H17Br2N3S. The van der Waals surface area contributed by atoms with E-state index in [0.717, 1.165) is 32.1 Å². The lowest BCUT2D eigenvalue weighted by atomic mass is 10.0. The van der Waals surface area contributed by atoms with Crippen molar-refractivity contribution in [1.82, 2.24) is 4.98 Å². The van der Waals surface area contributed by atoms with Gasteiger partial charge in [0.2, 0.25) is 5.13 Å². The van der Waals surface area contributed by atoms with E-state index in [1.165, 1.54) is 10.8 Å². The van der Waals surface area contributed by atoms with Crippen molar-refractivity contribution in [2.45, 2.75) is 6.92 Å². The van der Waals surface area contributed by atoms with E-state index in [9.17, 15) is 0 Å². The topological polar surface area (TPSA) is 37.3 Å². The van der Waals surface area contributed by atoms with Crippen LogP contribution in [0.4, 0.5) is 5.13 Å². The van der Waals surface area contributed by atoms with Gasteiger partial charge in [0.05, 0.1) is 11.4 Å². The van der Waals surface area contributed by atoms with Crippen LogP contribution in [0, 0.1) is 0 Å². The number of anilines is 1. The van der Waals surface area contributed by atoms with Crippen molar-refractivity contribution in [3.63, 3.8) is 0 Å². The second kappa shape index (κ2) is 8.78. The molecule has 0 aliphatic carbocycles. The molecule has 6 heteroatoms. The van der Waals surface area contributed by atoms with Crippen LogP contribution < -0.4 is 5.43 Å². The fraction of sp³-hybridized carbons (Fsp3) is 0.0476. The Balaban J connectivity index is 0.00000210. The second-order valence-electron chi connectivity index (χ2n) is 5.88. The first-order valence-electron chi connectivity index (χ1n) is 8.20. The molecule has 0 aliphatic rings. The molecule has 3 nitrogen and oxygen atoms in total. The van der Waals surface area contributed by atoms with Crippen LogP contribution in [0.2, 0.25) is 0 Å². The molecule has 0 atom stereocenters. The summed E-state index contributed by atoms with van der Waals surface area (Å²) in [5.74, 6) is 0. The summed E-state index contributed by atoms with van der Waals surface area (Å²) in [5, 5.41) is 9.74. The Bertz CT molecular complexity index is 1080. The average molecular weight is 503 g/mol. The van der Waals surface area contributed by atoms with Crippen LogP contribution in [0.15, 0.2) is 81.7 Å². The van der Waals surface area contributed by atoms with Crippen molar-refractivity contribution in [2.24, 2.45) is 5.10 Å². The molecule has 3 aromatic carbocycles. The normalized spacial score (nSPS) is 11.3. The smallest absolute Gasteiger partial charge is 0.203 e. The van der Waals surface area contributed by atoms with E-state index in [1.54, 1.807) is 11.3 Å². The Labute approximate surface area is 181 Å². The molecule has 4 aromatic rings. The van der Waals surface area contributed by atoms with Gasteiger partial charge in [-0.1, -0.05) is 70.5 Å². The van der Waals surface area contributed by atoms with Gasteiger partial charge in [-0.05, 0) is 35.4 Å². The van der Waals surface area contributed by atoms with Crippen LogP contribution in [-0.2, 0) is 0 Å². The maximum atomic E-state index is 4.70. The number of nitrogens with zero attached hydrogens (tertiary/aromatic N) is 2. The molecular weight excluding hydrogens is 486 g/mol. The maximum Gasteiger partial charge on any atom is 0.203 e. The molecule has 0 spiro atoms. The van der Waals surface area contributed by atoms with Crippen LogP contribution >= 0.6 is 44.2 Å². The summed E-state index contributed by atoms with van der Waals surface area (Å²) in [6.45, 7) is 1.98. The quantitative estimate of drug-likeness (QED) is 0.238. The number of benzene rings is 3. The second-order valence-corrected chi connectivity index (χ2v) is 7.65. The number of hydrogen-bond acceptors (Lipinski definition) is 4. The molecule has 0 aliphatic heterocycles. The molecule has 0 bridgehead atoms. The van der Waals surface area contributed by atoms with Gasteiger partial charge in [0.15, 0.2) is 0 Å². The molecule has 136 valence electrons. The molecule has 4 rings (SSSR count). The molecule has 0 unspecified atom stereocenters. The van der Waals surface area contributed by atoms with Gasteiger partial charge in [0.25, 0.3) is 0 Å². The Morgan fingerprint density at radius 1 is 1.00 bits per heavy atom. The minimum Gasteiger partial charge on any atom is -0.252 e. The van der Waals surface area contributed by atoms with Gasteiger partial charge < -0.3 is 0 Å². The van der Waals surface area contributed by atoms with Crippen molar-refractivity contribution >= 4 is 65.9 Å². The first-order valence-corrected chi connectivity index (χ1v) is 9.88. The highest BCUT2D eigenvalue weighted by atomic mass is 79.9. The van der Waals surface area contributed by atoms with Crippen molar-refractivity contribution in [2.75, 3.05) is 5.43 Å². The van der Waals surface area contributed by atoms with Crippen LogP contribution in [0.1, 0.15) is 12.5 Å². The number of hydrogen-bond donors (Lipinski definition) is 1. The minimum atomic E-state index is 0. The monoisotopic (exact) mass is 501 g/mol. The third-order valence-electron chi connectivity index (χ3n) is 4.15. The molecule has 1 heterocycles. The number of fused-ring (bicyclic) bond motifs is 1. The third-order valence-corrected chi connectivity index (χ3v) is 5.43. The third kappa shape index (κ3) is 4.46. The van der Waals surface area contributed by atoms with Gasteiger partial charge >= 0.3 is 0 Å². The molecule has 0 amide bonds. The fourth-order valence-electron chi connectivity index (χ4n) is 2.78. The van der Waals surface area contributed by atoms with Crippen LogP contribution in [0.5, 0.6) is 0 Å². The maximum absolute atomic E-state index is 4.70. The minimum absolute atomic E-state index is 0. The van der Waals surface area contributed by atoms with Crippen molar-refractivity contribution in [3.05, 3.63) is 82.1 Å². The number of thiazole rings is 1. The first kappa shape index (κ1) is 19.7.